The van der Waals surface area contributed by atoms with Gasteiger partial charge in [-0.15, -0.1) is 0 Å². The minimum Gasteiger partial charge on any atom is -0.465 e. The molecule has 1 saturated heterocycles. The van der Waals surface area contributed by atoms with Gasteiger partial charge in [-0.05, 0) is 91.1 Å². The highest BCUT2D eigenvalue weighted by Crippen LogP contribution is 2.42. The minimum absolute atomic E-state index is 0.0526. The van der Waals surface area contributed by atoms with Gasteiger partial charge < -0.3 is 19.7 Å². The number of esters is 1. The summed E-state index contributed by atoms with van der Waals surface area (Å²) in [7, 11) is 3.36. The Balaban J connectivity index is 1.15. The summed E-state index contributed by atoms with van der Waals surface area (Å²) in [5.41, 5.74) is 8.25. The number of hydrogen-bond donors (Lipinski definition) is 1. The van der Waals surface area contributed by atoms with E-state index in [2.05, 4.69) is 58.8 Å². The summed E-state index contributed by atoms with van der Waals surface area (Å²) in [6.45, 7) is 3.75. The van der Waals surface area contributed by atoms with Gasteiger partial charge in [0.1, 0.15) is 0 Å². The standard InChI is InChI=1S/C36H43N3O3/c1-41-35(40)32-14-12-29(24-33(32)27-16-20-37-21-17-27)26-8-10-28(11-9-26)34-15-13-31(25-38-34)39-22-18-36(42-2,19-23-39)30-6-4-3-5-7-30/h8-16,24-25,30,37H,3-7,17-23H2,1-2H3. The number of carbonyl (C=O) groups excluding carboxylic acids is 1. The molecule has 0 spiro atoms. The molecule has 6 heteroatoms. The molecule has 2 aliphatic heterocycles. The number of nitrogens with one attached hydrogen (secondary N) is 1. The van der Waals surface area contributed by atoms with Crippen LogP contribution in [0.15, 0.2) is 66.9 Å². The quantitative estimate of drug-likeness (QED) is 0.307. The zero-order valence-electron chi connectivity index (χ0n) is 25.0. The molecule has 0 atom stereocenters. The summed E-state index contributed by atoms with van der Waals surface area (Å²) in [6, 6.07) is 18.9. The minimum atomic E-state index is -0.298. The smallest absolute Gasteiger partial charge is 0.338 e. The summed E-state index contributed by atoms with van der Waals surface area (Å²) in [4.78, 5) is 19.8. The molecule has 3 aromatic rings. The average molecular weight is 566 g/mol. The molecule has 220 valence electrons. The molecule has 3 heterocycles. The molecule has 1 aromatic heterocycles. The van der Waals surface area contributed by atoms with Crippen molar-refractivity contribution >= 4 is 17.2 Å². The van der Waals surface area contributed by atoms with Gasteiger partial charge in [0.15, 0.2) is 0 Å². The van der Waals surface area contributed by atoms with Crippen molar-refractivity contribution in [3.8, 4) is 22.4 Å². The highest BCUT2D eigenvalue weighted by molar-refractivity contribution is 5.96. The van der Waals surface area contributed by atoms with Gasteiger partial charge in [-0.25, -0.2) is 4.79 Å². The van der Waals surface area contributed by atoms with Gasteiger partial charge in [0, 0.05) is 32.3 Å². The van der Waals surface area contributed by atoms with Crippen LogP contribution < -0.4 is 10.2 Å². The largest absolute Gasteiger partial charge is 0.465 e. The van der Waals surface area contributed by atoms with Crippen LogP contribution >= 0.6 is 0 Å². The topological polar surface area (TPSA) is 63.7 Å². The van der Waals surface area contributed by atoms with Crippen molar-refractivity contribution in [1.82, 2.24) is 10.3 Å². The van der Waals surface area contributed by atoms with Crippen LogP contribution in [0.3, 0.4) is 0 Å². The fraction of sp³-hybridized carbons (Fsp3) is 0.444. The van der Waals surface area contributed by atoms with E-state index in [0.717, 1.165) is 73.4 Å². The maximum atomic E-state index is 12.5. The predicted molar refractivity (Wildman–Crippen MR) is 170 cm³/mol. The van der Waals surface area contributed by atoms with E-state index in [1.807, 2.05) is 25.4 Å². The van der Waals surface area contributed by atoms with Crippen LogP contribution in [0.4, 0.5) is 5.69 Å². The second-order valence-corrected chi connectivity index (χ2v) is 12.0. The van der Waals surface area contributed by atoms with Crippen molar-refractivity contribution in [2.75, 3.05) is 45.3 Å². The van der Waals surface area contributed by atoms with E-state index in [0.29, 0.717) is 11.5 Å². The Morgan fingerprint density at radius 3 is 2.31 bits per heavy atom. The summed E-state index contributed by atoms with van der Waals surface area (Å²) < 4.78 is 11.3. The molecule has 1 aliphatic carbocycles. The molecule has 0 bridgehead atoms. The zero-order valence-corrected chi connectivity index (χ0v) is 25.0. The van der Waals surface area contributed by atoms with Crippen LogP contribution in [0.25, 0.3) is 28.0 Å². The van der Waals surface area contributed by atoms with Gasteiger partial charge in [0.25, 0.3) is 0 Å². The second-order valence-electron chi connectivity index (χ2n) is 12.0. The van der Waals surface area contributed by atoms with Crippen molar-refractivity contribution in [3.63, 3.8) is 0 Å². The van der Waals surface area contributed by atoms with Crippen LogP contribution in [-0.4, -0.2) is 57.0 Å². The van der Waals surface area contributed by atoms with Gasteiger partial charge in [0.05, 0.1) is 35.9 Å². The van der Waals surface area contributed by atoms with E-state index in [1.165, 1.54) is 50.5 Å². The Morgan fingerprint density at radius 2 is 1.67 bits per heavy atom. The second kappa shape index (κ2) is 12.8. The number of benzene rings is 2. The Morgan fingerprint density at radius 1 is 0.929 bits per heavy atom. The van der Waals surface area contributed by atoms with Crippen LogP contribution in [0.5, 0.6) is 0 Å². The normalized spacial score (nSPS) is 19.3. The molecule has 3 aliphatic rings. The number of hydrogen-bond acceptors (Lipinski definition) is 6. The van der Waals surface area contributed by atoms with E-state index in [-0.39, 0.29) is 11.6 Å². The number of piperidine rings is 1. The molecule has 0 radical (unpaired) electrons. The van der Waals surface area contributed by atoms with Gasteiger partial charge in [-0.3, -0.25) is 4.98 Å². The Labute approximate surface area is 250 Å². The number of nitrogens with zero attached hydrogens (tertiary/aromatic N) is 2. The molecule has 0 unspecified atom stereocenters. The highest BCUT2D eigenvalue weighted by Gasteiger charge is 2.42. The Kier molecular flexibility index (Phi) is 8.73. The van der Waals surface area contributed by atoms with E-state index in [9.17, 15) is 4.79 Å². The number of rotatable bonds is 7. The first kappa shape index (κ1) is 28.6. The Hall–Kier alpha value is -3.48. The molecular weight excluding hydrogens is 522 g/mol. The molecule has 42 heavy (non-hydrogen) atoms. The van der Waals surface area contributed by atoms with Crippen molar-refractivity contribution < 1.29 is 14.3 Å². The SMILES string of the molecule is COC(=O)c1ccc(-c2ccc(-c3ccc(N4CCC(OC)(C5CCCCC5)CC4)cn3)cc2)cc1C1=CCNCC1. The monoisotopic (exact) mass is 565 g/mol. The molecular formula is C36H43N3O3. The first-order chi connectivity index (χ1) is 20.6. The lowest BCUT2D eigenvalue weighted by molar-refractivity contribution is -0.0856. The maximum Gasteiger partial charge on any atom is 0.338 e. The molecule has 2 aromatic carbocycles. The molecule has 0 amide bonds. The highest BCUT2D eigenvalue weighted by atomic mass is 16.5. The van der Waals surface area contributed by atoms with Gasteiger partial charge >= 0.3 is 5.97 Å². The first-order valence-corrected chi connectivity index (χ1v) is 15.6. The molecule has 2 fully saturated rings. The number of methoxy groups -OCH3 is 2. The van der Waals surface area contributed by atoms with E-state index in [4.69, 9.17) is 14.5 Å². The number of carbonyl (C=O) groups is 1. The molecule has 6 nitrogen and oxygen atoms in total. The van der Waals surface area contributed by atoms with Crippen LogP contribution in [0.2, 0.25) is 0 Å². The fourth-order valence-electron chi connectivity index (χ4n) is 7.27. The van der Waals surface area contributed by atoms with Gasteiger partial charge in [0.2, 0.25) is 0 Å². The summed E-state index contributed by atoms with van der Waals surface area (Å²) in [5.74, 6) is 0.411. The lowest BCUT2D eigenvalue weighted by Crippen LogP contribution is -2.50. The summed E-state index contributed by atoms with van der Waals surface area (Å²) in [5, 5.41) is 3.35. The first-order valence-electron chi connectivity index (χ1n) is 15.6. The fourth-order valence-corrected chi connectivity index (χ4v) is 7.27. The maximum absolute atomic E-state index is 12.5. The van der Waals surface area contributed by atoms with Crippen LogP contribution in [-0.2, 0) is 9.47 Å². The number of anilines is 1. The molecule has 1 saturated carbocycles. The zero-order chi connectivity index (χ0) is 28.9. The van der Waals surface area contributed by atoms with Crippen molar-refractivity contribution in [1.29, 1.82) is 0 Å². The van der Waals surface area contributed by atoms with Crippen LogP contribution in [0.1, 0.15) is 67.3 Å². The van der Waals surface area contributed by atoms with E-state index >= 15 is 0 Å². The van der Waals surface area contributed by atoms with E-state index in [1.54, 1.807) is 0 Å². The molecule has 1 N–H and O–H groups in total. The van der Waals surface area contributed by atoms with Crippen molar-refractivity contribution in [2.24, 2.45) is 5.92 Å². The number of pyridine rings is 1. The van der Waals surface area contributed by atoms with Crippen molar-refractivity contribution in [2.45, 2.75) is 57.0 Å². The summed E-state index contributed by atoms with van der Waals surface area (Å²) in [6.07, 6.45) is 14.0. The number of ether oxygens (including phenoxy) is 2. The third-order valence-electron chi connectivity index (χ3n) is 9.83. The number of aromatic nitrogens is 1. The lowest BCUT2D eigenvalue weighted by Gasteiger charge is -2.47. The average Bonchev–Trinajstić information content (AvgIpc) is 3.08. The van der Waals surface area contributed by atoms with Crippen molar-refractivity contribution in [3.05, 3.63) is 78.0 Å². The van der Waals surface area contributed by atoms with Gasteiger partial charge in [-0.2, -0.15) is 0 Å². The van der Waals surface area contributed by atoms with Gasteiger partial charge in [-0.1, -0.05) is 55.7 Å². The predicted octanol–water partition coefficient (Wildman–Crippen LogP) is 7.14. The van der Waals surface area contributed by atoms with Crippen LogP contribution in [0, 0.1) is 5.92 Å². The Bertz CT molecular complexity index is 1400. The van der Waals surface area contributed by atoms with E-state index < -0.39 is 0 Å². The third-order valence-corrected chi connectivity index (χ3v) is 9.83. The molecule has 6 rings (SSSR count). The third kappa shape index (κ3) is 5.88. The lowest BCUT2D eigenvalue weighted by atomic mass is 9.72. The summed E-state index contributed by atoms with van der Waals surface area (Å²) >= 11 is 0.